The summed E-state index contributed by atoms with van der Waals surface area (Å²) in [4.78, 5) is 48.0. The second-order valence-corrected chi connectivity index (χ2v) is 4.82. The van der Waals surface area contributed by atoms with E-state index in [-0.39, 0.29) is 18.5 Å². The summed E-state index contributed by atoms with van der Waals surface area (Å²) in [6.07, 6.45) is 0. The van der Waals surface area contributed by atoms with Gasteiger partial charge in [-0.15, -0.1) is 0 Å². The van der Waals surface area contributed by atoms with Gasteiger partial charge in [0.1, 0.15) is 6.54 Å². The molecule has 106 valence electrons. The summed E-state index contributed by atoms with van der Waals surface area (Å²) in [5, 5.41) is 2.68. The van der Waals surface area contributed by atoms with Crippen molar-refractivity contribution in [1.29, 1.82) is 0 Å². The van der Waals surface area contributed by atoms with Crippen molar-refractivity contribution in [1.82, 2.24) is 15.1 Å². The fourth-order valence-corrected chi connectivity index (χ4v) is 1.58. The Hall–Kier alpha value is -1.92. The third kappa shape index (κ3) is 3.10. The minimum Gasteiger partial charge on any atom is -0.352 e. The number of carbonyl (C=O) groups is 4. The number of hydrogen-bond donors (Lipinski definition) is 1. The Morgan fingerprint density at radius 3 is 2.05 bits per heavy atom. The predicted molar refractivity (Wildman–Crippen MR) is 66.9 cm³/mol. The van der Waals surface area contributed by atoms with Gasteiger partial charge in [0.05, 0.1) is 0 Å². The van der Waals surface area contributed by atoms with Crippen LogP contribution in [0.15, 0.2) is 0 Å². The molecule has 0 aromatic carbocycles. The number of likely N-dealkylation sites (N-methyl/N-ethyl adjacent to an activating group) is 1. The number of nitrogens with zero attached hydrogens (tertiary/aromatic N) is 2. The molecule has 0 aromatic heterocycles. The summed E-state index contributed by atoms with van der Waals surface area (Å²) in [6.45, 7) is 7.01. The second kappa shape index (κ2) is 5.81. The number of urea groups is 1. The Kier molecular flexibility index (Phi) is 4.63. The van der Waals surface area contributed by atoms with E-state index in [1.807, 2.05) is 20.8 Å². The molecule has 5 amide bonds. The molecule has 19 heavy (non-hydrogen) atoms. The lowest BCUT2D eigenvalue weighted by Crippen LogP contribution is -2.45. The topological polar surface area (TPSA) is 86.8 Å². The molecule has 7 nitrogen and oxygen atoms in total. The van der Waals surface area contributed by atoms with Crippen LogP contribution >= 0.6 is 0 Å². The second-order valence-electron chi connectivity index (χ2n) is 4.82. The zero-order valence-corrected chi connectivity index (χ0v) is 11.6. The van der Waals surface area contributed by atoms with Gasteiger partial charge in [0.25, 0.3) is 0 Å². The molecule has 1 heterocycles. The van der Waals surface area contributed by atoms with Gasteiger partial charge in [-0.3, -0.25) is 19.3 Å². The molecule has 1 aliphatic rings. The van der Waals surface area contributed by atoms with Crippen LogP contribution in [0.3, 0.4) is 0 Å². The first kappa shape index (κ1) is 15.1. The first-order valence-corrected chi connectivity index (χ1v) is 6.26. The van der Waals surface area contributed by atoms with Crippen molar-refractivity contribution in [3.05, 3.63) is 0 Å². The predicted octanol–water partition coefficient (Wildman–Crippen LogP) is -0.0422. The Labute approximate surface area is 111 Å². The highest BCUT2D eigenvalue weighted by atomic mass is 16.2. The van der Waals surface area contributed by atoms with E-state index in [0.717, 1.165) is 4.90 Å². The highest BCUT2D eigenvalue weighted by molar-refractivity contribution is 6.45. The summed E-state index contributed by atoms with van der Waals surface area (Å²) < 4.78 is 0. The zero-order chi connectivity index (χ0) is 14.7. The van der Waals surface area contributed by atoms with E-state index in [2.05, 4.69) is 5.32 Å². The van der Waals surface area contributed by atoms with Crippen LogP contribution in [0.4, 0.5) is 4.79 Å². The molecule has 1 fully saturated rings. The highest BCUT2D eigenvalue weighted by Gasteiger charge is 2.44. The molecular formula is C12H19N3O4. The van der Waals surface area contributed by atoms with Crippen LogP contribution in [0.5, 0.6) is 0 Å². The van der Waals surface area contributed by atoms with Gasteiger partial charge < -0.3 is 5.32 Å². The number of hydrogen-bond acceptors (Lipinski definition) is 4. The summed E-state index contributed by atoms with van der Waals surface area (Å²) in [5.74, 6) is -2.03. The van der Waals surface area contributed by atoms with E-state index >= 15 is 0 Å². The molecule has 0 saturated carbocycles. The largest absolute Gasteiger partial charge is 0.352 e. The fraction of sp³-hybridized carbons (Fsp3) is 0.667. The number of amides is 5. The van der Waals surface area contributed by atoms with Gasteiger partial charge in [-0.05, 0) is 19.8 Å². The van der Waals surface area contributed by atoms with Gasteiger partial charge in [0.2, 0.25) is 5.91 Å². The van der Waals surface area contributed by atoms with Crippen LogP contribution in [0, 0.1) is 5.92 Å². The molecule has 1 aliphatic heterocycles. The van der Waals surface area contributed by atoms with Gasteiger partial charge in [-0.1, -0.05) is 13.8 Å². The van der Waals surface area contributed by atoms with Gasteiger partial charge >= 0.3 is 17.8 Å². The summed E-state index contributed by atoms with van der Waals surface area (Å²) >= 11 is 0. The third-order valence-corrected chi connectivity index (χ3v) is 3.14. The van der Waals surface area contributed by atoms with Crippen molar-refractivity contribution in [2.24, 2.45) is 5.92 Å². The Morgan fingerprint density at radius 1 is 1.11 bits per heavy atom. The number of imide groups is 2. The van der Waals surface area contributed by atoms with Crippen LogP contribution in [0.25, 0.3) is 0 Å². The van der Waals surface area contributed by atoms with Crippen LogP contribution in [-0.4, -0.2) is 52.7 Å². The van der Waals surface area contributed by atoms with Gasteiger partial charge in [-0.2, -0.15) is 0 Å². The lowest BCUT2D eigenvalue weighted by molar-refractivity contribution is -0.144. The summed E-state index contributed by atoms with van der Waals surface area (Å²) in [7, 11) is 0. The first-order chi connectivity index (χ1) is 8.79. The van der Waals surface area contributed by atoms with Crippen molar-refractivity contribution in [3.63, 3.8) is 0 Å². The van der Waals surface area contributed by atoms with Crippen molar-refractivity contribution >= 4 is 23.8 Å². The fourth-order valence-electron chi connectivity index (χ4n) is 1.58. The van der Waals surface area contributed by atoms with E-state index < -0.39 is 30.3 Å². The Balaban J connectivity index is 2.67. The van der Waals surface area contributed by atoms with E-state index in [9.17, 15) is 19.2 Å². The maximum absolute atomic E-state index is 11.7. The summed E-state index contributed by atoms with van der Waals surface area (Å²) in [6, 6.07) is -0.803. The minimum absolute atomic E-state index is 0.0710. The zero-order valence-electron chi connectivity index (χ0n) is 11.6. The molecule has 0 aliphatic carbocycles. The number of rotatable bonds is 5. The molecule has 0 spiro atoms. The molecule has 1 N–H and O–H groups in total. The van der Waals surface area contributed by atoms with Crippen LogP contribution in [0.1, 0.15) is 27.7 Å². The van der Waals surface area contributed by atoms with Crippen molar-refractivity contribution in [2.45, 2.75) is 33.7 Å². The normalized spacial score (nSPS) is 17.4. The molecule has 0 aromatic rings. The van der Waals surface area contributed by atoms with Gasteiger partial charge in [0, 0.05) is 12.6 Å². The van der Waals surface area contributed by atoms with E-state index in [0.29, 0.717) is 4.90 Å². The standard InChI is InChI=1S/C12H19N3O4/c1-5-14-10(17)11(18)15(12(14)19)6-9(16)13-8(4)7(2)3/h7-8H,5-6H2,1-4H3,(H,13,16)/t8-/m0/s1. The van der Waals surface area contributed by atoms with Crippen LogP contribution in [-0.2, 0) is 14.4 Å². The monoisotopic (exact) mass is 269 g/mol. The first-order valence-electron chi connectivity index (χ1n) is 6.26. The smallest absolute Gasteiger partial charge is 0.334 e. The van der Waals surface area contributed by atoms with Crippen molar-refractivity contribution in [2.75, 3.05) is 13.1 Å². The average Bonchev–Trinajstić information content (AvgIpc) is 2.53. The molecule has 1 rings (SSSR count). The van der Waals surface area contributed by atoms with Crippen molar-refractivity contribution < 1.29 is 19.2 Å². The quantitative estimate of drug-likeness (QED) is 0.560. The van der Waals surface area contributed by atoms with E-state index in [4.69, 9.17) is 0 Å². The molecule has 0 unspecified atom stereocenters. The number of nitrogens with one attached hydrogen (secondary N) is 1. The maximum atomic E-state index is 11.7. The van der Waals surface area contributed by atoms with Crippen LogP contribution < -0.4 is 5.32 Å². The molecule has 0 bridgehead atoms. The minimum atomic E-state index is -0.945. The average molecular weight is 269 g/mol. The van der Waals surface area contributed by atoms with E-state index in [1.165, 1.54) is 0 Å². The van der Waals surface area contributed by atoms with E-state index in [1.54, 1.807) is 6.92 Å². The lowest BCUT2D eigenvalue weighted by atomic mass is 10.1. The SMILES string of the molecule is CCN1C(=O)C(=O)N(CC(=O)N[C@@H](C)C(C)C)C1=O. The number of carbonyl (C=O) groups excluding carboxylic acids is 4. The molecule has 0 radical (unpaired) electrons. The Morgan fingerprint density at radius 2 is 1.63 bits per heavy atom. The molecule has 7 heteroatoms. The molecule has 1 saturated heterocycles. The summed E-state index contributed by atoms with van der Waals surface area (Å²) in [5.41, 5.74) is 0. The van der Waals surface area contributed by atoms with Crippen molar-refractivity contribution in [3.8, 4) is 0 Å². The maximum Gasteiger partial charge on any atom is 0.334 e. The lowest BCUT2D eigenvalue weighted by Gasteiger charge is -2.19. The van der Waals surface area contributed by atoms with Crippen LogP contribution in [0.2, 0.25) is 0 Å². The molecule has 1 atom stereocenters. The Bertz CT molecular complexity index is 419. The van der Waals surface area contributed by atoms with Gasteiger partial charge in [-0.25, -0.2) is 9.69 Å². The highest BCUT2D eigenvalue weighted by Crippen LogP contribution is 2.11. The molecular weight excluding hydrogens is 250 g/mol. The van der Waals surface area contributed by atoms with Gasteiger partial charge in [0.15, 0.2) is 0 Å². The third-order valence-electron chi connectivity index (χ3n) is 3.14.